The van der Waals surface area contributed by atoms with Gasteiger partial charge in [0.1, 0.15) is 12.1 Å². The minimum atomic E-state index is -1.07. The Bertz CT molecular complexity index is 543. The van der Waals surface area contributed by atoms with E-state index in [1.165, 1.54) is 0 Å². The van der Waals surface area contributed by atoms with E-state index in [0.29, 0.717) is 11.5 Å². The molecular weight excluding hydrogens is 274 g/mol. The topological polar surface area (TPSA) is 84.9 Å². The third-order valence-corrected chi connectivity index (χ3v) is 3.33. The second-order valence-electron chi connectivity index (χ2n) is 5.38. The number of carbonyl (C=O) groups excluding carboxylic acids is 1. The molecule has 3 unspecified atom stereocenters. The van der Waals surface area contributed by atoms with Crippen LogP contribution in [-0.4, -0.2) is 35.2 Å². The van der Waals surface area contributed by atoms with E-state index in [9.17, 15) is 9.59 Å². The van der Waals surface area contributed by atoms with Crippen molar-refractivity contribution in [2.45, 2.75) is 39.0 Å². The van der Waals surface area contributed by atoms with Gasteiger partial charge in [0, 0.05) is 0 Å². The molecule has 1 aromatic rings. The molecule has 0 fully saturated rings. The van der Waals surface area contributed by atoms with Crippen LogP contribution in [0.4, 0.5) is 0 Å². The third-order valence-electron chi connectivity index (χ3n) is 3.33. The number of fused-ring (bicyclic) bond motifs is 1. The summed E-state index contributed by atoms with van der Waals surface area (Å²) < 4.78 is 11.3. The number of amides is 1. The van der Waals surface area contributed by atoms with E-state index in [0.717, 1.165) is 0 Å². The number of hydrogen-bond donors (Lipinski definition) is 2. The maximum atomic E-state index is 12.3. The zero-order valence-corrected chi connectivity index (χ0v) is 12.2. The molecule has 6 nitrogen and oxygen atoms in total. The molecule has 2 N–H and O–H groups in total. The standard InChI is InChI=1S/C15H19NO5/c1-8(2)12(15(18)19)16-14(17)13-9(3)20-10-6-4-5-7-11(10)21-13/h4-9,12-13H,1-3H3,(H,16,17)(H,18,19). The number of nitrogens with one attached hydrogen (secondary N) is 1. The normalized spacial score (nSPS) is 21.7. The number of benzene rings is 1. The van der Waals surface area contributed by atoms with Gasteiger partial charge in [0.05, 0.1) is 0 Å². The Hall–Kier alpha value is -2.24. The summed E-state index contributed by atoms with van der Waals surface area (Å²) in [5.41, 5.74) is 0. The fourth-order valence-electron chi connectivity index (χ4n) is 2.16. The van der Waals surface area contributed by atoms with Crippen molar-refractivity contribution in [3.8, 4) is 11.5 Å². The zero-order valence-electron chi connectivity index (χ0n) is 12.2. The molecule has 2 rings (SSSR count). The number of carboxylic acids is 1. The van der Waals surface area contributed by atoms with Gasteiger partial charge in [0.2, 0.25) is 6.10 Å². The number of carboxylic acid groups (broad SMARTS) is 1. The number of aliphatic carboxylic acids is 1. The van der Waals surface area contributed by atoms with E-state index >= 15 is 0 Å². The number of hydrogen-bond acceptors (Lipinski definition) is 4. The molecule has 1 aromatic carbocycles. The fraction of sp³-hybridized carbons (Fsp3) is 0.467. The molecule has 0 radical (unpaired) electrons. The molecule has 3 atom stereocenters. The fourth-order valence-corrected chi connectivity index (χ4v) is 2.16. The number of ether oxygens (including phenoxy) is 2. The Morgan fingerprint density at radius 3 is 2.29 bits per heavy atom. The highest BCUT2D eigenvalue weighted by molar-refractivity contribution is 5.87. The SMILES string of the molecule is CC(C)C(NC(=O)C1Oc2ccccc2OC1C)C(=O)O. The lowest BCUT2D eigenvalue weighted by molar-refractivity contribution is -0.146. The first-order chi connectivity index (χ1) is 9.90. The molecule has 1 aliphatic rings. The molecule has 0 aliphatic carbocycles. The van der Waals surface area contributed by atoms with Gasteiger partial charge in [0.15, 0.2) is 11.5 Å². The average Bonchev–Trinajstić information content (AvgIpc) is 2.43. The van der Waals surface area contributed by atoms with Crippen molar-refractivity contribution in [2.75, 3.05) is 0 Å². The summed E-state index contributed by atoms with van der Waals surface area (Å²) in [4.78, 5) is 23.4. The minimum Gasteiger partial charge on any atom is -0.482 e. The predicted molar refractivity (Wildman–Crippen MR) is 75.4 cm³/mol. The zero-order chi connectivity index (χ0) is 15.6. The smallest absolute Gasteiger partial charge is 0.326 e. The summed E-state index contributed by atoms with van der Waals surface area (Å²) >= 11 is 0. The monoisotopic (exact) mass is 293 g/mol. The van der Waals surface area contributed by atoms with E-state index < -0.39 is 30.1 Å². The largest absolute Gasteiger partial charge is 0.482 e. The van der Waals surface area contributed by atoms with Crippen molar-refractivity contribution in [3.05, 3.63) is 24.3 Å². The first-order valence-corrected chi connectivity index (χ1v) is 6.85. The molecule has 0 aromatic heterocycles. The summed E-state index contributed by atoms with van der Waals surface area (Å²) in [6.45, 7) is 5.18. The second-order valence-corrected chi connectivity index (χ2v) is 5.38. The van der Waals surface area contributed by atoms with E-state index in [1.54, 1.807) is 39.0 Å². The maximum Gasteiger partial charge on any atom is 0.326 e. The lowest BCUT2D eigenvalue weighted by atomic mass is 10.0. The van der Waals surface area contributed by atoms with E-state index in [1.807, 2.05) is 6.07 Å². The highest BCUT2D eigenvalue weighted by atomic mass is 16.6. The van der Waals surface area contributed by atoms with Gasteiger partial charge < -0.3 is 19.9 Å². The Kier molecular flexibility index (Phi) is 4.35. The van der Waals surface area contributed by atoms with E-state index in [4.69, 9.17) is 14.6 Å². The Morgan fingerprint density at radius 2 is 1.76 bits per heavy atom. The van der Waals surface area contributed by atoms with Crippen LogP contribution in [0.1, 0.15) is 20.8 Å². The molecule has 6 heteroatoms. The molecule has 21 heavy (non-hydrogen) atoms. The van der Waals surface area contributed by atoms with Gasteiger partial charge in [-0.15, -0.1) is 0 Å². The molecule has 114 valence electrons. The van der Waals surface area contributed by atoms with Gasteiger partial charge in [-0.3, -0.25) is 4.79 Å². The summed E-state index contributed by atoms with van der Waals surface area (Å²) in [6, 6.07) is 6.10. The van der Waals surface area contributed by atoms with Crippen LogP contribution in [0.3, 0.4) is 0 Å². The molecule has 0 bridgehead atoms. The quantitative estimate of drug-likeness (QED) is 0.877. The van der Waals surface area contributed by atoms with Gasteiger partial charge in [-0.25, -0.2) is 4.79 Å². The maximum absolute atomic E-state index is 12.3. The van der Waals surface area contributed by atoms with Crippen molar-refractivity contribution in [1.82, 2.24) is 5.32 Å². The highest BCUT2D eigenvalue weighted by Gasteiger charge is 2.36. The van der Waals surface area contributed by atoms with Gasteiger partial charge in [-0.05, 0) is 25.0 Å². The van der Waals surface area contributed by atoms with Crippen LogP contribution >= 0.6 is 0 Å². The predicted octanol–water partition coefficient (Wildman–Crippen LogP) is 1.44. The van der Waals surface area contributed by atoms with Crippen LogP contribution in [-0.2, 0) is 9.59 Å². The molecule has 0 saturated carbocycles. The van der Waals surface area contributed by atoms with Crippen molar-refractivity contribution in [1.29, 1.82) is 0 Å². The summed E-state index contributed by atoms with van der Waals surface area (Å²) in [5, 5.41) is 11.6. The molecule has 1 aliphatic heterocycles. The molecule has 0 spiro atoms. The van der Waals surface area contributed by atoms with E-state index in [-0.39, 0.29) is 5.92 Å². The van der Waals surface area contributed by atoms with Crippen LogP contribution in [0.15, 0.2) is 24.3 Å². The Morgan fingerprint density at radius 1 is 1.19 bits per heavy atom. The van der Waals surface area contributed by atoms with Crippen LogP contribution in [0.5, 0.6) is 11.5 Å². The first-order valence-electron chi connectivity index (χ1n) is 6.85. The van der Waals surface area contributed by atoms with Crippen LogP contribution in [0, 0.1) is 5.92 Å². The van der Waals surface area contributed by atoms with Crippen molar-refractivity contribution < 1.29 is 24.2 Å². The van der Waals surface area contributed by atoms with Gasteiger partial charge in [-0.2, -0.15) is 0 Å². The minimum absolute atomic E-state index is 0.224. The summed E-state index contributed by atoms with van der Waals surface area (Å²) in [5.74, 6) is -0.723. The van der Waals surface area contributed by atoms with Crippen LogP contribution in [0.25, 0.3) is 0 Å². The van der Waals surface area contributed by atoms with E-state index in [2.05, 4.69) is 5.32 Å². The lowest BCUT2D eigenvalue weighted by Crippen LogP contribution is -2.54. The number of rotatable bonds is 4. The molecule has 1 amide bonds. The summed E-state index contributed by atoms with van der Waals surface area (Å²) in [7, 11) is 0. The molecule has 0 saturated heterocycles. The van der Waals surface area contributed by atoms with Crippen LogP contribution < -0.4 is 14.8 Å². The lowest BCUT2D eigenvalue weighted by Gasteiger charge is -2.32. The van der Waals surface area contributed by atoms with Gasteiger partial charge >= 0.3 is 5.97 Å². The Balaban J connectivity index is 2.11. The van der Waals surface area contributed by atoms with Gasteiger partial charge in [-0.1, -0.05) is 26.0 Å². The Labute approximate surface area is 123 Å². The van der Waals surface area contributed by atoms with Crippen molar-refractivity contribution >= 4 is 11.9 Å². The first kappa shape index (κ1) is 15.2. The van der Waals surface area contributed by atoms with Gasteiger partial charge in [0.25, 0.3) is 5.91 Å². The number of carbonyl (C=O) groups is 2. The second kappa shape index (κ2) is 6.03. The van der Waals surface area contributed by atoms with Crippen molar-refractivity contribution in [2.24, 2.45) is 5.92 Å². The highest BCUT2D eigenvalue weighted by Crippen LogP contribution is 2.33. The molecular formula is C15H19NO5. The average molecular weight is 293 g/mol. The summed E-state index contributed by atoms with van der Waals surface area (Å²) in [6.07, 6.45) is -1.37. The van der Waals surface area contributed by atoms with Crippen molar-refractivity contribution in [3.63, 3.8) is 0 Å². The third kappa shape index (κ3) is 3.26. The van der Waals surface area contributed by atoms with Crippen LogP contribution in [0.2, 0.25) is 0 Å². The number of para-hydroxylation sites is 2. The molecule has 1 heterocycles.